The van der Waals surface area contributed by atoms with E-state index in [-0.39, 0.29) is 11.4 Å². The lowest BCUT2D eigenvalue weighted by Gasteiger charge is -2.07. The number of nitrogens with two attached hydrogens (primary N) is 1. The van der Waals surface area contributed by atoms with Crippen LogP contribution >= 0.6 is 0 Å². The molecular formula is C10H14FNO2S. The van der Waals surface area contributed by atoms with Crippen LogP contribution in [0.25, 0.3) is 0 Å². The molecule has 2 N–H and O–H groups in total. The van der Waals surface area contributed by atoms with Crippen LogP contribution in [0.15, 0.2) is 29.2 Å². The maximum atomic E-state index is 12.9. The van der Waals surface area contributed by atoms with Gasteiger partial charge in [0.05, 0.1) is 10.6 Å². The number of halogens is 1. The van der Waals surface area contributed by atoms with E-state index in [2.05, 4.69) is 0 Å². The molecule has 3 nitrogen and oxygen atoms in total. The molecule has 0 bridgehead atoms. The summed E-state index contributed by atoms with van der Waals surface area (Å²) in [4.78, 5) is 0.143. The van der Waals surface area contributed by atoms with Crippen LogP contribution in [0.1, 0.15) is 5.56 Å². The summed E-state index contributed by atoms with van der Waals surface area (Å²) >= 11 is 0. The lowest BCUT2D eigenvalue weighted by atomic mass is 10.2. The van der Waals surface area contributed by atoms with Gasteiger partial charge in [-0.3, -0.25) is 0 Å². The van der Waals surface area contributed by atoms with E-state index in [4.69, 9.17) is 5.73 Å². The van der Waals surface area contributed by atoms with E-state index in [1.165, 1.54) is 12.1 Å². The maximum Gasteiger partial charge on any atom is 0.181 e. The van der Waals surface area contributed by atoms with Gasteiger partial charge in [-0.15, -0.1) is 0 Å². The number of aryl methyl sites for hydroxylation is 1. The molecule has 1 aromatic rings. The molecule has 0 radical (unpaired) electrons. The predicted molar refractivity (Wildman–Crippen MR) is 57.2 cm³/mol. The van der Waals surface area contributed by atoms with Gasteiger partial charge in [-0.05, 0) is 19.1 Å². The van der Waals surface area contributed by atoms with Crippen molar-refractivity contribution in [3.8, 4) is 0 Å². The normalized spacial score (nSPS) is 13.8. The number of rotatable bonds is 4. The Hall–Kier alpha value is -0.940. The van der Waals surface area contributed by atoms with E-state index in [0.717, 1.165) is 5.56 Å². The lowest BCUT2D eigenvalue weighted by molar-refractivity contribution is 0.370. The highest BCUT2D eigenvalue weighted by atomic mass is 32.2. The average Bonchev–Trinajstić information content (AvgIpc) is 2.17. The fraction of sp³-hybridized carbons (Fsp3) is 0.400. The van der Waals surface area contributed by atoms with Gasteiger partial charge in [-0.1, -0.05) is 17.7 Å². The predicted octanol–water partition coefficient (Wildman–Crippen LogP) is 1.07. The van der Waals surface area contributed by atoms with E-state index in [0.29, 0.717) is 0 Å². The van der Waals surface area contributed by atoms with Gasteiger partial charge in [0.2, 0.25) is 0 Å². The second-order valence-corrected chi connectivity index (χ2v) is 5.46. The Morgan fingerprint density at radius 1 is 1.33 bits per heavy atom. The second kappa shape index (κ2) is 4.72. The fourth-order valence-corrected chi connectivity index (χ4v) is 2.50. The van der Waals surface area contributed by atoms with Gasteiger partial charge in [0, 0.05) is 6.54 Å². The van der Waals surface area contributed by atoms with Gasteiger partial charge in [-0.25, -0.2) is 12.8 Å². The zero-order valence-corrected chi connectivity index (χ0v) is 9.30. The monoisotopic (exact) mass is 231 g/mol. The summed E-state index contributed by atoms with van der Waals surface area (Å²) in [6.07, 6.45) is -1.50. The summed E-state index contributed by atoms with van der Waals surface area (Å²) in [5.74, 6) is -0.549. The van der Waals surface area contributed by atoms with Gasteiger partial charge in [0.15, 0.2) is 9.84 Å². The largest absolute Gasteiger partial charge is 0.328 e. The maximum absolute atomic E-state index is 12.9. The van der Waals surface area contributed by atoms with Crippen LogP contribution in [-0.4, -0.2) is 26.9 Å². The van der Waals surface area contributed by atoms with Gasteiger partial charge in [-0.2, -0.15) is 0 Å². The number of alkyl halides is 1. The molecule has 0 amide bonds. The Morgan fingerprint density at radius 3 is 2.33 bits per heavy atom. The number of sulfone groups is 1. The number of benzene rings is 1. The second-order valence-electron chi connectivity index (χ2n) is 3.43. The van der Waals surface area contributed by atoms with Crippen LogP contribution in [0.5, 0.6) is 0 Å². The average molecular weight is 231 g/mol. The summed E-state index contributed by atoms with van der Waals surface area (Å²) in [7, 11) is -3.54. The summed E-state index contributed by atoms with van der Waals surface area (Å²) < 4.78 is 36.1. The van der Waals surface area contributed by atoms with Crippen LogP contribution in [0.2, 0.25) is 0 Å². The third kappa shape index (κ3) is 3.28. The lowest BCUT2D eigenvalue weighted by Crippen LogP contribution is -2.24. The molecule has 15 heavy (non-hydrogen) atoms. The van der Waals surface area contributed by atoms with Gasteiger partial charge in [0.1, 0.15) is 6.17 Å². The molecule has 0 saturated heterocycles. The fourth-order valence-electron chi connectivity index (χ4n) is 1.15. The molecule has 1 unspecified atom stereocenters. The van der Waals surface area contributed by atoms with E-state index in [1.807, 2.05) is 6.92 Å². The highest BCUT2D eigenvalue weighted by Crippen LogP contribution is 2.13. The van der Waals surface area contributed by atoms with Gasteiger partial charge in [0.25, 0.3) is 0 Å². The van der Waals surface area contributed by atoms with Crippen molar-refractivity contribution in [1.82, 2.24) is 0 Å². The third-order valence-corrected chi connectivity index (χ3v) is 3.83. The summed E-state index contributed by atoms with van der Waals surface area (Å²) in [5, 5.41) is 0. The quantitative estimate of drug-likeness (QED) is 0.843. The smallest absolute Gasteiger partial charge is 0.181 e. The van der Waals surface area contributed by atoms with Crippen molar-refractivity contribution in [1.29, 1.82) is 0 Å². The van der Waals surface area contributed by atoms with E-state index in [9.17, 15) is 12.8 Å². The van der Waals surface area contributed by atoms with Crippen molar-refractivity contribution in [2.45, 2.75) is 18.0 Å². The minimum absolute atomic E-state index is 0.143. The van der Waals surface area contributed by atoms with Crippen molar-refractivity contribution in [2.24, 2.45) is 5.73 Å². The molecule has 84 valence electrons. The summed E-state index contributed by atoms with van der Waals surface area (Å²) in [5.41, 5.74) is 6.00. The first kappa shape index (κ1) is 12.1. The molecule has 1 rings (SSSR count). The Bertz CT molecular complexity index is 414. The van der Waals surface area contributed by atoms with Crippen molar-refractivity contribution in [3.05, 3.63) is 29.8 Å². The third-order valence-electron chi connectivity index (χ3n) is 2.04. The molecule has 1 aromatic carbocycles. The topological polar surface area (TPSA) is 60.2 Å². The molecular weight excluding hydrogens is 217 g/mol. The van der Waals surface area contributed by atoms with Crippen LogP contribution in [0.3, 0.4) is 0 Å². The molecule has 1 atom stereocenters. The highest BCUT2D eigenvalue weighted by Gasteiger charge is 2.19. The minimum Gasteiger partial charge on any atom is -0.328 e. The van der Waals surface area contributed by atoms with E-state index in [1.54, 1.807) is 12.1 Å². The van der Waals surface area contributed by atoms with E-state index >= 15 is 0 Å². The Labute approximate surface area is 89.0 Å². The molecule has 0 aromatic heterocycles. The Balaban J connectivity index is 2.91. The standard InChI is InChI=1S/C10H14FNO2S/c1-8-2-4-10(5-3-8)15(13,14)7-9(11)6-12/h2-5,9H,6-7,12H2,1H3. The van der Waals surface area contributed by atoms with Crippen molar-refractivity contribution in [3.63, 3.8) is 0 Å². The van der Waals surface area contributed by atoms with Crippen LogP contribution < -0.4 is 5.73 Å². The first-order valence-corrected chi connectivity index (χ1v) is 6.24. The summed E-state index contributed by atoms with van der Waals surface area (Å²) in [6, 6.07) is 6.33. The molecule has 0 aliphatic rings. The van der Waals surface area contributed by atoms with Crippen LogP contribution in [-0.2, 0) is 9.84 Å². The minimum atomic E-state index is -3.54. The van der Waals surface area contributed by atoms with Gasteiger partial charge >= 0.3 is 0 Å². The highest BCUT2D eigenvalue weighted by molar-refractivity contribution is 7.91. The SMILES string of the molecule is Cc1ccc(S(=O)(=O)CC(F)CN)cc1. The van der Waals surface area contributed by atoms with Crippen LogP contribution in [0.4, 0.5) is 4.39 Å². The molecule has 0 aliphatic heterocycles. The molecule has 5 heteroatoms. The van der Waals surface area contributed by atoms with Crippen molar-refractivity contribution in [2.75, 3.05) is 12.3 Å². The first-order valence-electron chi connectivity index (χ1n) is 4.59. The molecule has 0 spiro atoms. The van der Waals surface area contributed by atoms with Crippen LogP contribution in [0, 0.1) is 6.92 Å². The van der Waals surface area contributed by atoms with Crippen molar-refractivity contribution < 1.29 is 12.8 Å². The van der Waals surface area contributed by atoms with E-state index < -0.39 is 21.8 Å². The zero-order chi connectivity index (χ0) is 11.5. The number of hydrogen-bond acceptors (Lipinski definition) is 3. The Morgan fingerprint density at radius 2 is 1.87 bits per heavy atom. The molecule has 0 saturated carbocycles. The molecule has 0 aliphatic carbocycles. The van der Waals surface area contributed by atoms with Crippen molar-refractivity contribution >= 4 is 9.84 Å². The Kier molecular flexibility index (Phi) is 3.82. The first-order chi connectivity index (χ1) is 6.95. The van der Waals surface area contributed by atoms with Gasteiger partial charge < -0.3 is 5.73 Å². The zero-order valence-electron chi connectivity index (χ0n) is 8.48. The molecule has 0 fully saturated rings. The summed E-state index contributed by atoms with van der Waals surface area (Å²) in [6.45, 7) is 1.58. The number of hydrogen-bond donors (Lipinski definition) is 1. The molecule has 0 heterocycles.